The summed E-state index contributed by atoms with van der Waals surface area (Å²) < 4.78 is 33.1. The molecule has 0 heterocycles. The molecule has 0 aliphatic heterocycles. The van der Waals surface area contributed by atoms with Gasteiger partial charge in [-0.15, -0.1) is 0 Å². The van der Waals surface area contributed by atoms with Gasteiger partial charge >= 0.3 is 0 Å². The highest BCUT2D eigenvalue weighted by atomic mass is 32.2. The van der Waals surface area contributed by atoms with Gasteiger partial charge in [-0.2, -0.15) is 0 Å². The highest BCUT2D eigenvalue weighted by Crippen LogP contribution is 2.11. The normalized spacial score (nSPS) is 13.6. The summed E-state index contributed by atoms with van der Waals surface area (Å²) in [5.41, 5.74) is 0.920. The maximum atomic E-state index is 11.2. The number of benzene rings is 1. The first-order valence-electron chi connectivity index (χ1n) is 5.45. The van der Waals surface area contributed by atoms with Gasteiger partial charge < -0.3 is 9.47 Å². The van der Waals surface area contributed by atoms with Gasteiger partial charge in [-0.1, -0.05) is 12.1 Å². The molecule has 0 amide bonds. The van der Waals surface area contributed by atoms with Gasteiger partial charge in [0.05, 0.1) is 11.5 Å². The Labute approximate surface area is 102 Å². The zero-order chi connectivity index (χ0) is 12.9. The monoisotopic (exact) mass is 258 g/mol. The molecule has 0 aromatic heterocycles. The molecule has 0 saturated carbocycles. The quantitative estimate of drug-likeness (QED) is 0.732. The van der Waals surface area contributed by atoms with E-state index in [1.807, 2.05) is 13.8 Å². The first kappa shape index (κ1) is 14.2. The van der Waals surface area contributed by atoms with Gasteiger partial charge in [-0.25, -0.2) is 8.42 Å². The van der Waals surface area contributed by atoms with E-state index in [4.69, 9.17) is 9.47 Å². The Balaban J connectivity index is 2.57. The third-order valence-electron chi connectivity index (χ3n) is 2.24. The predicted molar refractivity (Wildman–Crippen MR) is 65.4 cm³/mol. The van der Waals surface area contributed by atoms with E-state index in [0.717, 1.165) is 5.56 Å². The van der Waals surface area contributed by atoms with Crippen molar-refractivity contribution in [1.29, 1.82) is 0 Å². The van der Waals surface area contributed by atoms with Gasteiger partial charge in [0.2, 0.25) is 0 Å². The molecule has 0 unspecified atom stereocenters. The molecule has 0 N–H and O–H groups in total. The van der Waals surface area contributed by atoms with E-state index in [1.54, 1.807) is 24.3 Å². The van der Waals surface area contributed by atoms with Crippen molar-refractivity contribution in [1.82, 2.24) is 0 Å². The first-order valence-corrected chi connectivity index (χ1v) is 7.35. The Morgan fingerprint density at radius 2 is 1.76 bits per heavy atom. The van der Waals surface area contributed by atoms with Crippen LogP contribution in [-0.2, 0) is 25.9 Å². The van der Waals surface area contributed by atoms with Crippen molar-refractivity contribution in [3.05, 3.63) is 29.8 Å². The number of sulfone groups is 1. The largest absolute Gasteiger partial charge is 0.353 e. The summed E-state index contributed by atoms with van der Waals surface area (Å²) in [4.78, 5) is 0.319. The van der Waals surface area contributed by atoms with Crippen LogP contribution in [0.3, 0.4) is 0 Å². The van der Waals surface area contributed by atoms with E-state index >= 15 is 0 Å². The molecule has 0 radical (unpaired) electrons. The molecule has 4 nitrogen and oxygen atoms in total. The molecule has 0 aliphatic carbocycles. The summed E-state index contributed by atoms with van der Waals surface area (Å²) in [6.45, 7) is 4.74. The lowest BCUT2D eigenvalue weighted by Gasteiger charge is -2.12. The second-order valence-corrected chi connectivity index (χ2v) is 5.77. The minimum atomic E-state index is -3.12. The molecular formula is C12H18O4S. The van der Waals surface area contributed by atoms with Crippen molar-refractivity contribution in [3.8, 4) is 0 Å². The van der Waals surface area contributed by atoms with Crippen molar-refractivity contribution in [2.24, 2.45) is 0 Å². The molecule has 1 aromatic rings. The van der Waals surface area contributed by atoms with Crippen LogP contribution in [0.1, 0.15) is 19.4 Å². The summed E-state index contributed by atoms with van der Waals surface area (Å²) in [5, 5.41) is 0. The lowest BCUT2D eigenvalue weighted by atomic mass is 10.2. The van der Waals surface area contributed by atoms with Crippen molar-refractivity contribution >= 4 is 9.84 Å². The minimum Gasteiger partial charge on any atom is -0.353 e. The predicted octanol–water partition coefficient (Wildman–Crippen LogP) is 1.99. The lowest BCUT2D eigenvalue weighted by Crippen LogP contribution is -2.12. The van der Waals surface area contributed by atoms with E-state index in [-0.39, 0.29) is 6.29 Å². The fraction of sp³-hybridized carbons (Fsp3) is 0.500. The van der Waals surface area contributed by atoms with E-state index in [1.165, 1.54) is 6.26 Å². The molecule has 0 aliphatic rings. The number of rotatable bonds is 6. The molecule has 1 rings (SSSR count). The van der Waals surface area contributed by atoms with E-state index in [0.29, 0.717) is 18.1 Å². The Kier molecular flexibility index (Phi) is 5.11. The van der Waals surface area contributed by atoms with Gasteiger partial charge in [0, 0.05) is 12.9 Å². The fourth-order valence-corrected chi connectivity index (χ4v) is 1.96. The maximum Gasteiger partial charge on any atom is 0.175 e. The van der Waals surface area contributed by atoms with E-state index < -0.39 is 9.84 Å². The summed E-state index contributed by atoms with van der Waals surface area (Å²) in [6.07, 6.45) is 0.935. The van der Waals surface area contributed by atoms with Crippen LogP contribution in [0, 0.1) is 0 Å². The van der Waals surface area contributed by atoms with Crippen molar-refractivity contribution in [2.75, 3.05) is 12.9 Å². The highest BCUT2D eigenvalue weighted by Gasteiger charge is 2.06. The van der Waals surface area contributed by atoms with Crippen LogP contribution in [0.15, 0.2) is 29.2 Å². The van der Waals surface area contributed by atoms with E-state index in [2.05, 4.69) is 0 Å². The Morgan fingerprint density at radius 3 is 2.24 bits per heavy atom. The van der Waals surface area contributed by atoms with Crippen LogP contribution in [-0.4, -0.2) is 27.6 Å². The molecule has 1 atom stereocenters. The molecule has 0 saturated heterocycles. The number of hydrogen-bond acceptors (Lipinski definition) is 4. The van der Waals surface area contributed by atoms with Gasteiger partial charge in [0.1, 0.15) is 0 Å². The van der Waals surface area contributed by atoms with Crippen LogP contribution in [0.5, 0.6) is 0 Å². The van der Waals surface area contributed by atoms with Crippen molar-refractivity contribution in [2.45, 2.75) is 31.6 Å². The first-order chi connectivity index (χ1) is 7.93. The van der Waals surface area contributed by atoms with E-state index in [9.17, 15) is 8.42 Å². The zero-order valence-electron chi connectivity index (χ0n) is 10.3. The number of ether oxygens (including phenoxy) is 2. The molecule has 17 heavy (non-hydrogen) atoms. The Morgan fingerprint density at radius 1 is 1.18 bits per heavy atom. The number of hydrogen-bond donors (Lipinski definition) is 0. The summed E-state index contributed by atoms with van der Waals surface area (Å²) >= 11 is 0. The molecule has 96 valence electrons. The highest BCUT2D eigenvalue weighted by molar-refractivity contribution is 7.90. The summed E-state index contributed by atoms with van der Waals surface area (Å²) in [5.74, 6) is 0. The SMILES string of the molecule is CCO[C@H](C)OCc1ccc(S(C)(=O)=O)cc1. The summed E-state index contributed by atoms with van der Waals surface area (Å²) in [6, 6.07) is 6.66. The zero-order valence-corrected chi connectivity index (χ0v) is 11.2. The van der Waals surface area contributed by atoms with Gasteiger partial charge in [0.15, 0.2) is 16.1 Å². The van der Waals surface area contributed by atoms with Crippen LogP contribution >= 0.6 is 0 Å². The standard InChI is InChI=1S/C12H18O4S/c1-4-15-10(2)16-9-11-5-7-12(8-6-11)17(3,13)14/h5-8,10H,4,9H2,1-3H3/t10-/m0/s1. The van der Waals surface area contributed by atoms with Gasteiger partial charge in [-0.05, 0) is 31.5 Å². The summed E-state index contributed by atoms with van der Waals surface area (Å²) in [7, 11) is -3.12. The third kappa shape index (κ3) is 4.85. The lowest BCUT2D eigenvalue weighted by molar-refractivity contribution is -0.134. The Bertz CT molecular complexity index is 436. The topological polar surface area (TPSA) is 52.6 Å². The van der Waals surface area contributed by atoms with Crippen LogP contribution in [0.25, 0.3) is 0 Å². The molecule has 0 bridgehead atoms. The third-order valence-corrected chi connectivity index (χ3v) is 3.37. The average Bonchev–Trinajstić information content (AvgIpc) is 2.26. The van der Waals surface area contributed by atoms with Gasteiger partial charge in [0.25, 0.3) is 0 Å². The molecule has 0 spiro atoms. The van der Waals surface area contributed by atoms with Crippen LogP contribution in [0.2, 0.25) is 0 Å². The molecular weight excluding hydrogens is 240 g/mol. The van der Waals surface area contributed by atoms with Crippen molar-refractivity contribution < 1.29 is 17.9 Å². The van der Waals surface area contributed by atoms with Crippen LogP contribution < -0.4 is 0 Å². The van der Waals surface area contributed by atoms with Crippen LogP contribution in [0.4, 0.5) is 0 Å². The smallest absolute Gasteiger partial charge is 0.175 e. The minimum absolute atomic E-state index is 0.255. The van der Waals surface area contributed by atoms with Gasteiger partial charge in [-0.3, -0.25) is 0 Å². The Hall–Kier alpha value is -0.910. The fourth-order valence-electron chi connectivity index (χ4n) is 1.33. The average molecular weight is 258 g/mol. The molecule has 1 aromatic carbocycles. The maximum absolute atomic E-state index is 11.2. The molecule has 5 heteroatoms. The van der Waals surface area contributed by atoms with Crippen molar-refractivity contribution in [3.63, 3.8) is 0 Å². The molecule has 0 fully saturated rings. The second kappa shape index (κ2) is 6.14. The second-order valence-electron chi connectivity index (χ2n) is 3.75.